The maximum atomic E-state index is 11.5. The predicted molar refractivity (Wildman–Crippen MR) is 79.5 cm³/mol. The normalized spacial score (nSPS) is 23.1. The first-order valence-electron chi connectivity index (χ1n) is 7.28. The first-order chi connectivity index (χ1) is 9.63. The first kappa shape index (κ1) is 15.0. The molecule has 1 aliphatic heterocycles. The van der Waals surface area contributed by atoms with Gasteiger partial charge in [0.05, 0.1) is 12.1 Å². The molecule has 4 nitrogen and oxygen atoms in total. The highest BCUT2D eigenvalue weighted by atomic mass is 16.5. The summed E-state index contributed by atoms with van der Waals surface area (Å²) in [6.45, 7) is 3.79. The second kappa shape index (κ2) is 6.86. The monoisotopic (exact) mass is 276 g/mol. The Morgan fingerprint density at radius 1 is 1.35 bits per heavy atom. The molecule has 1 aliphatic rings. The number of aryl methyl sites for hydroxylation is 1. The molecule has 0 saturated carbocycles. The van der Waals surface area contributed by atoms with E-state index in [2.05, 4.69) is 36.1 Å². The zero-order valence-corrected chi connectivity index (χ0v) is 12.3. The second-order valence-electron chi connectivity index (χ2n) is 5.43. The molecule has 0 spiro atoms. The molecule has 0 aromatic heterocycles. The summed E-state index contributed by atoms with van der Waals surface area (Å²) in [4.78, 5) is 13.6. The molecule has 1 heterocycles. The molecule has 4 heteroatoms. The van der Waals surface area contributed by atoms with E-state index in [-0.39, 0.29) is 18.1 Å². The van der Waals surface area contributed by atoms with Crippen molar-refractivity contribution in [3.63, 3.8) is 0 Å². The van der Waals surface area contributed by atoms with Gasteiger partial charge in [0.15, 0.2) is 0 Å². The van der Waals surface area contributed by atoms with Crippen molar-refractivity contribution < 1.29 is 9.53 Å². The van der Waals surface area contributed by atoms with Crippen LogP contribution in [-0.4, -0.2) is 43.2 Å². The van der Waals surface area contributed by atoms with Gasteiger partial charge in [0.2, 0.25) is 5.91 Å². The minimum atomic E-state index is -0.245. The number of nitrogens with zero attached hydrogens (tertiary/aromatic N) is 1. The molecule has 0 bridgehead atoms. The van der Waals surface area contributed by atoms with Crippen LogP contribution in [0.1, 0.15) is 24.5 Å². The third-order valence-electron chi connectivity index (χ3n) is 4.15. The smallest absolute Gasteiger partial charge is 0.234 e. The van der Waals surface area contributed by atoms with Gasteiger partial charge in [-0.1, -0.05) is 31.2 Å². The van der Waals surface area contributed by atoms with Crippen molar-refractivity contribution in [2.45, 2.75) is 38.3 Å². The van der Waals surface area contributed by atoms with E-state index in [0.717, 1.165) is 25.9 Å². The lowest BCUT2D eigenvalue weighted by Crippen LogP contribution is -2.41. The number of rotatable bonds is 6. The Labute approximate surface area is 120 Å². The fourth-order valence-electron chi connectivity index (χ4n) is 2.79. The number of ether oxygens (including phenoxy) is 1. The molecule has 2 atom stereocenters. The maximum Gasteiger partial charge on any atom is 0.234 e. The van der Waals surface area contributed by atoms with Crippen LogP contribution in [0.15, 0.2) is 24.3 Å². The highest BCUT2D eigenvalue weighted by Crippen LogP contribution is 2.20. The van der Waals surface area contributed by atoms with E-state index in [9.17, 15) is 4.79 Å². The van der Waals surface area contributed by atoms with Gasteiger partial charge in [-0.25, -0.2) is 0 Å². The zero-order chi connectivity index (χ0) is 14.5. The summed E-state index contributed by atoms with van der Waals surface area (Å²) in [5, 5.41) is 0. The molecule has 1 fully saturated rings. The van der Waals surface area contributed by atoms with Crippen LogP contribution in [0, 0.1) is 0 Å². The lowest BCUT2D eigenvalue weighted by atomic mass is 10.1. The number of carbonyl (C=O) groups is 1. The molecule has 0 aliphatic carbocycles. The summed E-state index contributed by atoms with van der Waals surface area (Å²) < 4.78 is 5.35. The van der Waals surface area contributed by atoms with Crippen LogP contribution in [0.3, 0.4) is 0 Å². The van der Waals surface area contributed by atoms with Crippen molar-refractivity contribution in [1.29, 1.82) is 0 Å². The van der Waals surface area contributed by atoms with Gasteiger partial charge in [0.25, 0.3) is 0 Å². The van der Waals surface area contributed by atoms with Crippen LogP contribution in [0.5, 0.6) is 0 Å². The van der Waals surface area contributed by atoms with Gasteiger partial charge in [0.1, 0.15) is 0 Å². The van der Waals surface area contributed by atoms with Gasteiger partial charge in [-0.15, -0.1) is 0 Å². The predicted octanol–water partition coefficient (Wildman–Crippen LogP) is 1.37. The molecule has 2 rings (SSSR count). The molecule has 1 aromatic rings. The number of likely N-dealkylation sites (tertiary alicyclic amines) is 1. The Hall–Kier alpha value is -1.39. The fraction of sp³-hybridized carbons (Fsp3) is 0.562. The largest absolute Gasteiger partial charge is 0.380 e. The van der Waals surface area contributed by atoms with Crippen molar-refractivity contribution in [2.75, 3.05) is 20.2 Å². The molecule has 1 aromatic carbocycles. The first-order valence-corrected chi connectivity index (χ1v) is 7.28. The van der Waals surface area contributed by atoms with Crippen LogP contribution in [0.4, 0.5) is 0 Å². The lowest BCUT2D eigenvalue weighted by molar-refractivity contribution is -0.122. The minimum absolute atomic E-state index is 0.120. The van der Waals surface area contributed by atoms with Crippen LogP contribution in [0.25, 0.3) is 0 Å². The standard InChI is InChI=1S/C16H24N2O2/c1-3-12-4-6-13(7-5-12)8-9-18-11-14(20-2)10-15(18)16(17)19/h4-7,14-15H,3,8-11H2,1-2H3,(H2,17,19)/t14-,15-/m0/s1. The number of hydrogen-bond donors (Lipinski definition) is 1. The van der Waals surface area contributed by atoms with E-state index < -0.39 is 0 Å². The summed E-state index contributed by atoms with van der Waals surface area (Å²) in [5.41, 5.74) is 8.12. The molecule has 1 amide bonds. The Kier molecular flexibility index (Phi) is 5.15. The molecule has 20 heavy (non-hydrogen) atoms. The summed E-state index contributed by atoms with van der Waals surface area (Å²) in [5.74, 6) is -0.245. The van der Waals surface area contributed by atoms with Crippen LogP contribution >= 0.6 is 0 Å². The van der Waals surface area contributed by atoms with Gasteiger partial charge in [-0.2, -0.15) is 0 Å². The molecule has 110 valence electrons. The number of amides is 1. The van der Waals surface area contributed by atoms with E-state index in [4.69, 9.17) is 10.5 Å². The SMILES string of the molecule is CCc1ccc(CCN2C[C@@H](OC)C[C@H]2C(N)=O)cc1. The zero-order valence-electron chi connectivity index (χ0n) is 12.3. The number of primary amides is 1. The van der Waals surface area contributed by atoms with Crippen LogP contribution in [0.2, 0.25) is 0 Å². The highest BCUT2D eigenvalue weighted by molar-refractivity contribution is 5.80. The average molecular weight is 276 g/mol. The van der Waals surface area contributed by atoms with Crippen molar-refractivity contribution >= 4 is 5.91 Å². The molecule has 0 radical (unpaired) electrons. The highest BCUT2D eigenvalue weighted by Gasteiger charge is 2.35. The summed E-state index contributed by atoms with van der Waals surface area (Å²) in [7, 11) is 1.69. The Morgan fingerprint density at radius 2 is 2.00 bits per heavy atom. The van der Waals surface area contributed by atoms with Gasteiger partial charge in [0, 0.05) is 20.2 Å². The maximum absolute atomic E-state index is 11.5. The number of carbonyl (C=O) groups excluding carboxylic acids is 1. The summed E-state index contributed by atoms with van der Waals surface area (Å²) in [6.07, 6.45) is 2.83. The molecule has 0 unspecified atom stereocenters. The third kappa shape index (κ3) is 3.58. The van der Waals surface area contributed by atoms with Crippen LogP contribution < -0.4 is 5.73 Å². The quantitative estimate of drug-likeness (QED) is 0.853. The number of hydrogen-bond acceptors (Lipinski definition) is 3. The Balaban J connectivity index is 1.92. The second-order valence-corrected chi connectivity index (χ2v) is 5.43. The van der Waals surface area contributed by atoms with E-state index in [1.165, 1.54) is 11.1 Å². The molecular weight excluding hydrogens is 252 g/mol. The number of nitrogens with two attached hydrogens (primary N) is 1. The van der Waals surface area contributed by atoms with E-state index in [0.29, 0.717) is 6.42 Å². The van der Waals surface area contributed by atoms with Crippen molar-refractivity contribution in [3.8, 4) is 0 Å². The van der Waals surface area contributed by atoms with Gasteiger partial charge >= 0.3 is 0 Å². The molecule has 2 N–H and O–H groups in total. The Morgan fingerprint density at radius 3 is 2.55 bits per heavy atom. The van der Waals surface area contributed by atoms with Crippen LogP contribution in [-0.2, 0) is 22.4 Å². The van der Waals surface area contributed by atoms with Gasteiger partial charge < -0.3 is 10.5 Å². The van der Waals surface area contributed by atoms with Crippen molar-refractivity contribution in [2.24, 2.45) is 5.73 Å². The van der Waals surface area contributed by atoms with E-state index in [1.807, 2.05) is 0 Å². The summed E-state index contributed by atoms with van der Waals surface area (Å²) >= 11 is 0. The molecular formula is C16H24N2O2. The fourth-order valence-corrected chi connectivity index (χ4v) is 2.79. The lowest BCUT2D eigenvalue weighted by Gasteiger charge is -2.21. The van der Waals surface area contributed by atoms with Crippen molar-refractivity contribution in [3.05, 3.63) is 35.4 Å². The van der Waals surface area contributed by atoms with E-state index in [1.54, 1.807) is 7.11 Å². The summed E-state index contributed by atoms with van der Waals surface area (Å²) in [6, 6.07) is 8.49. The van der Waals surface area contributed by atoms with E-state index >= 15 is 0 Å². The molecule has 1 saturated heterocycles. The van der Waals surface area contributed by atoms with Crippen molar-refractivity contribution in [1.82, 2.24) is 4.90 Å². The number of benzene rings is 1. The van der Waals surface area contributed by atoms with Gasteiger partial charge in [-0.3, -0.25) is 9.69 Å². The Bertz CT molecular complexity index is 444. The number of methoxy groups -OCH3 is 1. The third-order valence-corrected chi connectivity index (χ3v) is 4.15. The minimum Gasteiger partial charge on any atom is -0.380 e. The van der Waals surface area contributed by atoms with Gasteiger partial charge in [-0.05, 0) is 30.4 Å². The average Bonchev–Trinajstić information content (AvgIpc) is 2.89. The topological polar surface area (TPSA) is 55.6 Å².